The Bertz CT molecular complexity index is 733. The second kappa shape index (κ2) is 8.45. The highest BCUT2D eigenvalue weighted by Crippen LogP contribution is 2.23. The Hall–Kier alpha value is -2.21. The quantitative estimate of drug-likeness (QED) is 0.822. The summed E-state index contributed by atoms with van der Waals surface area (Å²) < 4.78 is 0. The number of piperazine rings is 1. The topological polar surface area (TPSA) is 56.4 Å². The van der Waals surface area contributed by atoms with E-state index in [9.17, 15) is 9.59 Å². The van der Waals surface area contributed by atoms with E-state index in [0.717, 1.165) is 5.56 Å². The van der Waals surface area contributed by atoms with Crippen molar-refractivity contribution in [3.63, 3.8) is 0 Å². The molecule has 26 heavy (non-hydrogen) atoms. The molecule has 1 aromatic heterocycles. The van der Waals surface area contributed by atoms with Crippen molar-refractivity contribution < 1.29 is 9.59 Å². The lowest BCUT2D eigenvalue weighted by Gasteiger charge is -2.35. The van der Waals surface area contributed by atoms with Gasteiger partial charge in [0.2, 0.25) is 5.91 Å². The third-order valence-electron chi connectivity index (χ3n) is 4.41. The Morgan fingerprint density at radius 1 is 1.04 bits per heavy atom. The van der Waals surface area contributed by atoms with Crippen LogP contribution in [0.25, 0.3) is 0 Å². The van der Waals surface area contributed by atoms with Gasteiger partial charge in [-0.3, -0.25) is 9.59 Å². The molecule has 2 aromatic rings. The van der Waals surface area contributed by atoms with Gasteiger partial charge in [0, 0.05) is 54.3 Å². The molecular formula is C20H25N3O2S. The molecule has 0 saturated carbocycles. The molecule has 1 aliphatic heterocycles. The molecule has 0 unspecified atom stereocenters. The van der Waals surface area contributed by atoms with E-state index in [-0.39, 0.29) is 11.8 Å². The predicted octanol–water partition coefficient (Wildman–Crippen LogP) is 3.04. The molecule has 3 rings (SSSR count). The van der Waals surface area contributed by atoms with E-state index in [2.05, 4.69) is 18.8 Å². The van der Waals surface area contributed by atoms with Gasteiger partial charge in [0.15, 0.2) is 0 Å². The normalized spacial score (nSPS) is 14.7. The second-order valence-corrected chi connectivity index (χ2v) is 8.41. The number of carbonyl (C=O) groups is 2. The fraction of sp³-hybridized carbons (Fsp3) is 0.400. The summed E-state index contributed by atoms with van der Waals surface area (Å²) in [4.78, 5) is 32.9. The van der Waals surface area contributed by atoms with E-state index in [4.69, 9.17) is 0 Å². The van der Waals surface area contributed by atoms with E-state index < -0.39 is 0 Å². The Morgan fingerprint density at radius 3 is 2.27 bits per heavy atom. The Balaban J connectivity index is 1.52. The molecule has 2 heterocycles. The van der Waals surface area contributed by atoms with E-state index >= 15 is 0 Å². The zero-order valence-corrected chi connectivity index (χ0v) is 16.1. The number of carbonyl (C=O) groups excluding carboxylic acids is 2. The molecule has 1 saturated heterocycles. The second-order valence-electron chi connectivity index (χ2n) is 6.76. The fourth-order valence-electron chi connectivity index (χ4n) is 3.04. The SMILES string of the molecule is CC(C)Sc1ccc(C(=O)N2CCN(C(=O)Cc3cc[nH]c3)CC2)cc1. The number of thioether (sulfide) groups is 1. The summed E-state index contributed by atoms with van der Waals surface area (Å²) in [6, 6.07) is 9.73. The first kappa shape index (κ1) is 18.6. The Morgan fingerprint density at radius 2 is 1.69 bits per heavy atom. The van der Waals surface area contributed by atoms with Crippen LogP contribution in [0.1, 0.15) is 29.8 Å². The van der Waals surface area contributed by atoms with Crippen LogP contribution in [0.2, 0.25) is 0 Å². The maximum absolute atomic E-state index is 12.7. The number of amides is 2. The lowest BCUT2D eigenvalue weighted by molar-refractivity contribution is -0.131. The van der Waals surface area contributed by atoms with Gasteiger partial charge in [-0.15, -0.1) is 11.8 Å². The molecular weight excluding hydrogens is 346 g/mol. The number of nitrogens with one attached hydrogen (secondary N) is 1. The van der Waals surface area contributed by atoms with E-state index in [1.165, 1.54) is 4.90 Å². The third-order valence-corrected chi connectivity index (χ3v) is 5.43. The molecule has 1 aromatic carbocycles. The zero-order valence-electron chi connectivity index (χ0n) is 15.3. The van der Waals surface area contributed by atoms with Crippen LogP contribution in [0, 0.1) is 0 Å². The van der Waals surface area contributed by atoms with Crippen LogP contribution in [0.3, 0.4) is 0 Å². The number of rotatable bonds is 5. The number of H-pyrrole nitrogens is 1. The first-order valence-electron chi connectivity index (χ1n) is 8.98. The lowest BCUT2D eigenvalue weighted by Crippen LogP contribution is -2.51. The predicted molar refractivity (Wildman–Crippen MR) is 104 cm³/mol. The summed E-state index contributed by atoms with van der Waals surface area (Å²) in [5.41, 5.74) is 1.71. The summed E-state index contributed by atoms with van der Waals surface area (Å²) in [5, 5.41) is 0.522. The monoisotopic (exact) mass is 371 g/mol. The number of aromatic nitrogens is 1. The standard InChI is InChI=1S/C20H25N3O2S/c1-15(2)26-18-5-3-17(4-6-18)20(25)23-11-9-22(10-12-23)19(24)13-16-7-8-21-14-16/h3-8,14-15,21H,9-13H2,1-2H3. The van der Waals surface area contributed by atoms with Crippen LogP contribution in [0.15, 0.2) is 47.6 Å². The lowest BCUT2D eigenvalue weighted by atomic mass is 10.1. The molecule has 1 fully saturated rings. The summed E-state index contributed by atoms with van der Waals surface area (Å²) in [6.45, 7) is 6.66. The average molecular weight is 372 g/mol. The van der Waals surface area contributed by atoms with Gasteiger partial charge in [-0.05, 0) is 35.9 Å². The smallest absolute Gasteiger partial charge is 0.253 e. The van der Waals surface area contributed by atoms with Crippen molar-refractivity contribution in [2.45, 2.75) is 30.4 Å². The van der Waals surface area contributed by atoms with Crippen LogP contribution < -0.4 is 0 Å². The largest absolute Gasteiger partial charge is 0.367 e. The molecule has 0 spiro atoms. The van der Waals surface area contributed by atoms with Crippen LogP contribution >= 0.6 is 11.8 Å². The molecule has 5 nitrogen and oxygen atoms in total. The minimum atomic E-state index is 0.0452. The van der Waals surface area contributed by atoms with E-state index in [1.54, 1.807) is 11.8 Å². The van der Waals surface area contributed by atoms with E-state index in [0.29, 0.717) is 43.4 Å². The summed E-state index contributed by atoms with van der Waals surface area (Å²) in [6.07, 6.45) is 4.08. The molecule has 1 aliphatic rings. The molecule has 0 aliphatic carbocycles. The van der Waals surface area contributed by atoms with Crippen LogP contribution in [-0.4, -0.2) is 58.0 Å². The highest BCUT2D eigenvalue weighted by molar-refractivity contribution is 7.99. The molecule has 138 valence electrons. The average Bonchev–Trinajstić information content (AvgIpc) is 3.14. The maximum Gasteiger partial charge on any atom is 0.253 e. The van der Waals surface area contributed by atoms with Crippen molar-refractivity contribution >= 4 is 23.6 Å². The van der Waals surface area contributed by atoms with Gasteiger partial charge in [-0.2, -0.15) is 0 Å². The first-order chi connectivity index (χ1) is 12.5. The highest BCUT2D eigenvalue weighted by atomic mass is 32.2. The van der Waals surface area contributed by atoms with Gasteiger partial charge >= 0.3 is 0 Å². The molecule has 1 N–H and O–H groups in total. The van der Waals surface area contributed by atoms with Crippen molar-refractivity contribution in [1.29, 1.82) is 0 Å². The minimum Gasteiger partial charge on any atom is -0.367 e. The molecule has 0 bridgehead atoms. The number of hydrogen-bond donors (Lipinski definition) is 1. The van der Waals surface area contributed by atoms with Gasteiger partial charge < -0.3 is 14.8 Å². The fourth-order valence-corrected chi connectivity index (χ4v) is 3.88. The minimum absolute atomic E-state index is 0.0452. The number of aromatic amines is 1. The summed E-state index contributed by atoms with van der Waals surface area (Å²) >= 11 is 1.79. The number of benzene rings is 1. The highest BCUT2D eigenvalue weighted by Gasteiger charge is 2.24. The van der Waals surface area contributed by atoms with Crippen molar-refractivity contribution in [2.75, 3.05) is 26.2 Å². The van der Waals surface area contributed by atoms with Gasteiger partial charge in [-0.1, -0.05) is 13.8 Å². The van der Waals surface area contributed by atoms with Crippen molar-refractivity contribution in [3.05, 3.63) is 53.9 Å². The molecule has 0 radical (unpaired) electrons. The molecule has 2 amide bonds. The molecule has 0 atom stereocenters. The van der Waals surface area contributed by atoms with Gasteiger partial charge in [-0.25, -0.2) is 0 Å². The van der Waals surface area contributed by atoms with Crippen LogP contribution in [0.5, 0.6) is 0 Å². The van der Waals surface area contributed by atoms with Crippen LogP contribution in [0.4, 0.5) is 0 Å². The first-order valence-corrected chi connectivity index (χ1v) is 9.86. The van der Waals surface area contributed by atoms with Gasteiger partial charge in [0.05, 0.1) is 6.42 Å². The van der Waals surface area contributed by atoms with Crippen molar-refractivity contribution in [1.82, 2.24) is 14.8 Å². The Kier molecular flexibility index (Phi) is 6.04. The summed E-state index contributed by atoms with van der Waals surface area (Å²) in [7, 11) is 0. The van der Waals surface area contributed by atoms with Gasteiger partial charge in [0.1, 0.15) is 0 Å². The van der Waals surface area contributed by atoms with Crippen molar-refractivity contribution in [2.24, 2.45) is 0 Å². The maximum atomic E-state index is 12.7. The number of hydrogen-bond acceptors (Lipinski definition) is 3. The Labute approximate surface area is 158 Å². The summed E-state index contributed by atoms with van der Waals surface area (Å²) in [5.74, 6) is 0.163. The third kappa shape index (κ3) is 4.69. The van der Waals surface area contributed by atoms with Gasteiger partial charge in [0.25, 0.3) is 5.91 Å². The number of nitrogens with zero attached hydrogens (tertiary/aromatic N) is 2. The van der Waals surface area contributed by atoms with Crippen molar-refractivity contribution in [3.8, 4) is 0 Å². The van der Waals surface area contributed by atoms with Crippen LogP contribution in [-0.2, 0) is 11.2 Å². The zero-order chi connectivity index (χ0) is 18.5. The molecule has 6 heteroatoms. The van der Waals surface area contributed by atoms with E-state index in [1.807, 2.05) is 52.5 Å².